The standard InChI is InChI=1S/C22H20FN3O2/c1-26(18-6-3-2-4-7-18)22(28)20-9-5-8-19(25-20)21(27)24-15-14-16-10-12-17(23)13-11-16/h2-13H,14-15H2,1H3,(H,24,27). The fourth-order valence-corrected chi connectivity index (χ4v) is 2.68. The summed E-state index contributed by atoms with van der Waals surface area (Å²) in [5.74, 6) is -0.953. The molecular formula is C22H20FN3O2. The van der Waals surface area contributed by atoms with Crippen molar-refractivity contribution in [3.8, 4) is 0 Å². The molecule has 1 N–H and O–H groups in total. The van der Waals surface area contributed by atoms with Crippen molar-refractivity contribution >= 4 is 17.5 Å². The van der Waals surface area contributed by atoms with Crippen molar-refractivity contribution in [2.75, 3.05) is 18.5 Å². The van der Waals surface area contributed by atoms with Gasteiger partial charge in [0.2, 0.25) is 0 Å². The second kappa shape index (κ2) is 8.90. The van der Waals surface area contributed by atoms with Crippen molar-refractivity contribution in [3.05, 3.63) is 95.6 Å². The number of benzene rings is 2. The average Bonchev–Trinajstić information content (AvgIpc) is 2.74. The number of hydrogen-bond donors (Lipinski definition) is 1. The topological polar surface area (TPSA) is 62.3 Å². The number of halogens is 1. The van der Waals surface area contributed by atoms with Gasteiger partial charge in [-0.2, -0.15) is 0 Å². The van der Waals surface area contributed by atoms with Crippen molar-refractivity contribution < 1.29 is 14.0 Å². The fraction of sp³-hybridized carbons (Fsp3) is 0.136. The normalized spacial score (nSPS) is 10.4. The van der Waals surface area contributed by atoms with E-state index in [2.05, 4.69) is 10.3 Å². The van der Waals surface area contributed by atoms with Gasteiger partial charge in [0.05, 0.1) is 0 Å². The summed E-state index contributed by atoms with van der Waals surface area (Å²) in [5, 5.41) is 2.77. The molecule has 1 aromatic heterocycles. The second-order valence-corrected chi connectivity index (χ2v) is 6.24. The molecule has 0 aliphatic rings. The van der Waals surface area contributed by atoms with Gasteiger partial charge in [-0.15, -0.1) is 0 Å². The van der Waals surface area contributed by atoms with Crippen molar-refractivity contribution in [1.29, 1.82) is 0 Å². The summed E-state index contributed by atoms with van der Waals surface area (Å²) in [5.41, 5.74) is 2.02. The molecule has 3 rings (SSSR count). The Kier molecular flexibility index (Phi) is 6.11. The number of amides is 2. The molecule has 0 radical (unpaired) electrons. The highest BCUT2D eigenvalue weighted by Gasteiger charge is 2.16. The fourth-order valence-electron chi connectivity index (χ4n) is 2.68. The van der Waals surface area contributed by atoms with Crippen molar-refractivity contribution in [3.63, 3.8) is 0 Å². The van der Waals surface area contributed by atoms with Gasteiger partial charge in [0.15, 0.2) is 0 Å². The molecule has 2 aromatic carbocycles. The molecule has 0 bridgehead atoms. The molecule has 0 saturated carbocycles. The van der Waals surface area contributed by atoms with E-state index in [-0.39, 0.29) is 29.0 Å². The summed E-state index contributed by atoms with van der Waals surface area (Å²) in [6.45, 7) is 0.383. The minimum absolute atomic E-state index is 0.173. The van der Waals surface area contributed by atoms with Gasteiger partial charge < -0.3 is 10.2 Å². The minimum Gasteiger partial charge on any atom is -0.350 e. The van der Waals surface area contributed by atoms with E-state index in [1.54, 1.807) is 37.4 Å². The van der Waals surface area contributed by atoms with E-state index in [1.165, 1.54) is 17.0 Å². The first kappa shape index (κ1) is 19.2. The SMILES string of the molecule is CN(C(=O)c1cccc(C(=O)NCCc2ccc(F)cc2)n1)c1ccccc1. The van der Waals surface area contributed by atoms with E-state index in [0.29, 0.717) is 13.0 Å². The Morgan fingerprint density at radius 2 is 1.61 bits per heavy atom. The van der Waals surface area contributed by atoms with Crippen LogP contribution in [0, 0.1) is 5.82 Å². The molecule has 5 nitrogen and oxygen atoms in total. The van der Waals surface area contributed by atoms with Crippen molar-refractivity contribution in [1.82, 2.24) is 10.3 Å². The number of rotatable bonds is 6. The van der Waals surface area contributed by atoms with Gasteiger partial charge in [-0.1, -0.05) is 36.4 Å². The van der Waals surface area contributed by atoms with Crippen LogP contribution in [0.4, 0.5) is 10.1 Å². The zero-order valence-corrected chi connectivity index (χ0v) is 15.4. The first-order chi connectivity index (χ1) is 13.5. The van der Waals surface area contributed by atoms with Crippen LogP contribution in [0.1, 0.15) is 26.5 Å². The van der Waals surface area contributed by atoms with E-state index in [1.807, 2.05) is 30.3 Å². The Balaban J connectivity index is 1.62. The molecule has 0 spiro atoms. The van der Waals surface area contributed by atoms with E-state index in [4.69, 9.17) is 0 Å². The summed E-state index contributed by atoms with van der Waals surface area (Å²) in [6, 6.07) is 20.1. The first-order valence-electron chi connectivity index (χ1n) is 8.87. The summed E-state index contributed by atoms with van der Waals surface area (Å²) >= 11 is 0. The number of carbonyl (C=O) groups excluding carboxylic acids is 2. The average molecular weight is 377 g/mol. The zero-order chi connectivity index (χ0) is 19.9. The Hall–Kier alpha value is -3.54. The lowest BCUT2D eigenvalue weighted by Crippen LogP contribution is -2.29. The number of nitrogens with one attached hydrogen (secondary N) is 1. The molecule has 28 heavy (non-hydrogen) atoms. The lowest BCUT2D eigenvalue weighted by molar-refractivity contribution is 0.0948. The molecule has 0 fully saturated rings. The van der Waals surface area contributed by atoms with Gasteiger partial charge in [-0.3, -0.25) is 9.59 Å². The van der Waals surface area contributed by atoms with Gasteiger partial charge in [0.1, 0.15) is 17.2 Å². The Morgan fingerprint density at radius 1 is 0.929 bits per heavy atom. The summed E-state index contributed by atoms with van der Waals surface area (Å²) in [6.07, 6.45) is 0.571. The molecule has 0 saturated heterocycles. The number of pyridine rings is 1. The number of para-hydroxylation sites is 1. The summed E-state index contributed by atoms with van der Waals surface area (Å²) in [7, 11) is 1.66. The molecule has 3 aromatic rings. The van der Waals surface area contributed by atoms with Crippen molar-refractivity contribution in [2.24, 2.45) is 0 Å². The maximum absolute atomic E-state index is 12.9. The molecule has 6 heteroatoms. The molecule has 2 amide bonds. The maximum Gasteiger partial charge on any atom is 0.276 e. The predicted octanol–water partition coefficient (Wildman–Crippen LogP) is 3.47. The Labute approximate surface area is 162 Å². The summed E-state index contributed by atoms with van der Waals surface area (Å²) < 4.78 is 12.9. The smallest absolute Gasteiger partial charge is 0.276 e. The van der Waals surface area contributed by atoms with E-state index >= 15 is 0 Å². The molecule has 0 aliphatic carbocycles. The van der Waals surface area contributed by atoms with Crippen LogP contribution < -0.4 is 10.2 Å². The van der Waals surface area contributed by atoms with E-state index in [9.17, 15) is 14.0 Å². The molecular weight excluding hydrogens is 357 g/mol. The van der Waals surface area contributed by atoms with Crippen LogP contribution in [-0.4, -0.2) is 30.4 Å². The number of carbonyl (C=O) groups is 2. The van der Waals surface area contributed by atoms with Crippen LogP contribution in [0.15, 0.2) is 72.8 Å². The van der Waals surface area contributed by atoms with Gasteiger partial charge >= 0.3 is 0 Å². The molecule has 1 heterocycles. The third-order valence-electron chi connectivity index (χ3n) is 4.26. The third kappa shape index (κ3) is 4.79. The second-order valence-electron chi connectivity index (χ2n) is 6.24. The third-order valence-corrected chi connectivity index (χ3v) is 4.26. The van der Waals surface area contributed by atoms with Crippen LogP contribution in [0.25, 0.3) is 0 Å². The van der Waals surface area contributed by atoms with Crippen LogP contribution in [0.2, 0.25) is 0 Å². The molecule has 0 atom stereocenters. The van der Waals surface area contributed by atoms with Crippen LogP contribution in [0.5, 0.6) is 0 Å². The van der Waals surface area contributed by atoms with Crippen molar-refractivity contribution in [2.45, 2.75) is 6.42 Å². The van der Waals surface area contributed by atoms with Gasteiger partial charge in [0, 0.05) is 19.3 Å². The van der Waals surface area contributed by atoms with Crippen LogP contribution >= 0.6 is 0 Å². The predicted molar refractivity (Wildman–Crippen MR) is 106 cm³/mol. The van der Waals surface area contributed by atoms with Gasteiger partial charge in [-0.25, -0.2) is 9.37 Å². The van der Waals surface area contributed by atoms with E-state index in [0.717, 1.165) is 11.3 Å². The number of hydrogen-bond acceptors (Lipinski definition) is 3. The highest BCUT2D eigenvalue weighted by Crippen LogP contribution is 2.14. The summed E-state index contributed by atoms with van der Waals surface area (Å²) in [4.78, 5) is 30.7. The first-order valence-corrected chi connectivity index (χ1v) is 8.87. The minimum atomic E-state index is -0.362. The molecule has 0 unspecified atom stereocenters. The maximum atomic E-state index is 12.9. The van der Waals surface area contributed by atoms with Crippen LogP contribution in [0.3, 0.4) is 0 Å². The largest absolute Gasteiger partial charge is 0.350 e. The van der Waals surface area contributed by atoms with E-state index < -0.39 is 0 Å². The Bertz CT molecular complexity index is 959. The Morgan fingerprint density at radius 3 is 2.32 bits per heavy atom. The quantitative estimate of drug-likeness (QED) is 0.716. The number of aromatic nitrogens is 1. The lowest BCUT2D eigenvalue weighted by Gasteiger charge is -2.17. The zero-order valence-electron chi connectivity index (χ0n) is 15.4. The molecule has 0 aliphatic heterocycles. The lowest BCUT2D eigenvalue weighted by atomic mass is 10.1. The van der Waals surface area contributed by atoms with Gasteiger partial charge in [-0.05, 0) is 48.4 Å². The number of anilines is 1. The highest BCUT2D eigenvalue weighted by molar-refractivity contribution is 6.05. The molecule has 142 valence electrons. The van der Waals surface area contributed by atoms with Gasteiger partial charge in [0.25, 0.3) is 11.8 Å². The monoisotopic (exact) mass is 377 g/mol. The highest BCUT2D eigenvalue weighted by atomic mass is 19.1. The van der Waals surface area contributed by atoms with Crippen LogP contribution in [-0.2, 0) is 6.42 Å². The number of nitrogens with zero attached hydrogens (tertiary/aromatic N) is 2.